The van der Waals surface area contributed by atoms with Crippen LogP contribution in [0.1, 0.15) is 37.4 Å². The summed E-state index contributed by atoms with van der Waals surface area (Å²) in [5.41, 5.74) is -0.961. The van der Waals surface area contributed by atoms with Gasteiger partial charge in [-0.1, -0.05) is 43.5 Å². The summed E-state index contributed by atoms with van der Waals surface area (Å²) in [6, 6.07) is 6.78. The fourth-order valence-electron chi connectivity index (χ4n) is 1.25. The number of benzene rings is 1. The predicted octanol–water partition coefficient (Wildman–Crippen LogP) is 4.46. The minimum absolute atomic E-state index is 0.470. The topological polar surface area (TPSA) is 9.23 Å². The molecule has 0 aliphatic rings. The number of rotatable bonds is 6. The van der Waals surface area contributed by atoms with Crippen LogP contribution in [0.4, 0.5) is 4.39 Å². The second-order valence-electron chi connectivity index (χ2n) is 3.43. The molecule has 1 unspecified atom stereocenters. The van der Waals surface area contributed by atoms with E-state index in [0.717, 1.165) is 12.2 Å². The lowest BCUT2D eigenvalue weighted by molar-refractivity contribution is 0.306. The van der Waals surface area contributed by atoms with Gasteiger partial charge in [-0.05, 0) is 18.6 Å². The van der Waals surface area contributed by atoms with Crippen LogP contribution in [0.25, 0.3) is 0 Å². The Morgan fingerprint density at radius 1 is 1.27 bits per heavy atom. The lowest BCUT2D eigenvalue weighted by atomic mass is 10.2. The van der Waals surface area contributed by atoms with Crippen molar-refractivity contribution in [2.75, 3.05) is 6.61 Å². The Hall–Kier alpha value is -0.760. The lowest BCUT2D eigenvalue weighted by Gasteiger charge is -2.06. The maximum Gasteiger partial charge on any atom is 0.198 e. The summed E-state index contributed by atoms with van der Waals surface area (Å²) in [5, 5.41) is 0. The predicted molar refractivity (Wildman–Crippen MR) is 61.2 cm³/mol. The van der Waals surface area contributed by atoms with Crippen molar-refractivity contribution in [2.24, 2.45) is 0 Å². The molecule has 1 aromatic rings. The van der Waals surface area contributed by atoms with Crippen LogP contribution in [-0.2, 0) is 0 Å². The molecule has 84 valence electrons. The van der Waals surface area contributed by atoms with Crippen LogP contribution in [0.15, 0.2) is 24.3 Å². The molecule has 1 rings (SSSR count). The summed E-state index contributed by atoms with van der Waals surface area (Å²) in [5.74, 6) is 0.771. The minimum Gasteiger partial charge on any atom is -0.494 e. The molecule has 0 saturated carbocycles. The highest BCUT2D eigenvalue weighted by Crippen LogP contribution is 2.23. The monoisotopic (exact) mass is 230 g/mol. The minimum atomic E-state index is -1.43. The molecular weight excluding hydrogens is 215 g/mol. The van der Waals surface area contributed by atoms with Crippen molar-refractivity contribution in [3.8, 4) is 5.75 Å². The molecule has 0 bridgehead atoms. The van der Waals surface area contributed by atoms with Gasteiger partial charge in [-0.3, -0.25) is 0 Å². The average molecular weight is 231 g/mol. The van der Waals surface area contributed by atoms with Gasteiger partial charge in [-0.2, -0.15) is 0 Å². The van der Waals surface area contributed by atoms with E-state index in [4.69, 9.17) is 16.3 Å². The fraction of sp³-hybridized carbons (Fsp3) is 0.500. The van der Waals surface area contributed by atoms with Gasteiger partial charge in [0.1, 0.15) is 5.75 Å². The molecule has 0 amide bonds. The summed E-state index contributed by atoms with van der Waals surface area (Å²) >= 11 is 5.29. The third kappa shape index (κ3) is 4.52. The Morgan fingerprint density at radius 2 is 1.93 bits per heavy atom. The molecule has 3 heteroatoms. The van der Waals surface area contributed by atoms with E-state index in [2.05, 4.69) is 6.92 Å². The lowest BCUT2D eigenvalue weighted by Crippen LogP contribution is -1.96. The Morgan fingerprint density at radius 3 is 2.47 bits per heavy atom. The number of halogens is 2. The third-order valence-corrected chi connectivity index (χ3v) is 2.40. The third-order valence-electron chi connectivity index (χ3n) is 2.15. The average Bonchev–Trinajstić information content (AvgIpc) is 2.25. The van der Waals surface area contributed by atoms with Gasteiger partial charge < -0.3 is 4.74 Å². The van der Waals surface area contributed by atoms with Crippen LogP contribution in [0.2, 0.25) is 0 Å². The van der Waals surface area contributed by atoms with Crippen LogP contribution in [-0.4, -0.2) is 6.61 Å². The number of unbranched alkanes of at least 4 members (excludes halogenated alkanes) is 2. The van der Waals surface area contributed by atoms with E-state index in [9.17, 15) is 4.39 Å². The Bertz CT molecular complexity index is 271. The van der Waals surface area contributed by atoms with Gasteiger partial charge in [0.15, 0.2) is 5.63 Å². The van der Waals surface area contributed by atoms with Crippen molar-refractivity contribution in [1.29, 1.82) is 0 Å². The number of hydrogen-bond donors (Lipinski definition) is 0. The molecule has 0 N–H and O–H groups in total. The maximum atomic E-state index is 12.6. The first-order valence-corrected chi connectivity index (χ1v) is 5.68. The molecule has 1 aromatic carbocycles. The summed E-state index contributed by atoms with van der Waals surface area (Å²) in [7, 11) is 0. The fourth-order valence-corrected chi connectivity index (χ4v) is 1.40. The van der Waals surface area contributed by atoms with Gasteiger partial charge in [-0.25, -0.2) is 4.39 Å². The summed E-state index contributed by atoms with van der Waals surface area (Å²) in [6.07, 6.45) is 3.41. The molecule has 0 aliphatic carbocycles. The van der Waals surface area contributed by atoms with Crippen molar-refractivity contribution >= 4 is 11.6 Å². The SMILES string of the molecule is CCCCCOc1ccc(C(F)Cl)cc1. The Kier molecular flexibility index (Phi) is 5.48. The van der Waals surface area contributed by atoms with E-state index < -0.39 is 5.63 Å². The zero-order chi connectivity index (χ0) is 11.1. The van der Waals surface area contributed by atoms with E-state index in [1.54, 1.807) is 24.3 Å². The standard InChI is InChI=1S/C12H16ClFO/c1-2-3-4-9-15-11-7-5-10(6-8-11)12(13)14/h5-8,12H,2-4,9H2,1H3. The number of alkyl halides is 2. The van der Waals surface area contributed by atoms with E-state index in [-0.39, 0.29) is 0 Å². The Labute approximate surface area is 95.2 Å². The molecule has 0 spiro atoms. The molecule has 0 aromatic heterocycles. The molecule has 0 fully saturated rings. The molecule has 1 atom stereocenters. The zero-order valence-electron chi connectivity index (χ0n) is 8.88. The first-order chi connectivity index (χ1) is 7.24. The first kappa shape index (κ1) is 12.3. The second-order valence-corrected chi connectivity index (χ2v) is 3.81. The van der Waals surface area contributed by atoms with Crippen molar-refractivity contribution in [3.63, 3.8) is 0 Å². The highest BCUT2D eigenvalue weighted by atomic mass is 35.5. The Balaban J connectivity index is 2.36. The summed E-state index contributed by atoms with van der Waals surface area (Å²) in [6.45, 7) is 2.86. The smallest absolute Gasteiger partial charge is 0.198 e. The highest BCUT2D eigenvalue weighted by molar-refractivity contribution is 6.19. The molecule has 0 radical (unpaired) electrons. The molecule has 1 nitrogen and oxygen atoms in total. The molecule has 0 heterocycles. The zero-order valence-corrected chi connectivity index (χ0v) is 9.64. The van der Waals surface area contributed by atoms with Crippen LogP contribution in [0.3, 0.4) is 0 Å². The van der Waals surface area contributed by atoms with Crippen LogP contribution < -0.4 is 4.74 Å². The van der Waals surface area contributed by atoms with E-state index in [0.29, 0.717) is 12.2 Å². The molecular formula is C12H16ClFO. The first-order valence-electron chi connectivity index (χ1n) is 5.25. The van der Waals surface area contributed by atoms with Crippen molar-refractivity contribution < 1.29 is 9.13 Å². The number of ether oxygens (including phenoxy) is 1. The largest absolute Gasteiger partial charge is 0.494 e. The van der Waals surface area contributed by atoms with Crippen LogP contribution in [0, 0.1) is 0 Å². The summed E-state index contributed by atoms with van der Waals surface area (Å²) in [4.78, 5) is 0. The molecule has 0 saturated heterocycles. The van der Waals surface area contributed by atoms with Gasteiger partial charge in [0.25, 0.3) is 0 Å². The van der Waals surface area contributed by atoms with Gasteiger partial charge in [-0.15, -0.1) is 0 Å². The summed E-state index contributed by atoms with van der Waals surface area (Å²) < 4.78 is 18.1. The van der Waals surface area contributed by atoms with E-state index in [1.165, 1.54) is 12.8 Å². The van der Waals surface area contributed by atoms with Crippen molar-refractivity contribution in [1.82, 2.24) is 0 Å². The van der Waals surface area contributed by atoms with Crippen LogP contribution >= 0.6 is 11.6 Å². The van der Waals surface area contributed by atoms with Crippen LogP contribution in [0.5, 0.6) is 5.75 Å². The normalized spacial score (nSPS) is 12.5. The van der Waals surface area contributed by atoms with E-state index in [1.807, 2.05) is 0 Å². The maximum absolute atomic E-state index is 12.6. The molecule has 15 heavy (non-hydrogen) atoms. The second kappa shape index (κ2) is 6.67. The molecule has 0 aliphatic heterocycles. The van der Waals surface area contributed by atoms with Crippen molar-refractivity contribution in [3.05, 3.63) is 29.8 Å². The van der Waals surface area contributed by atoms with Gasteiger partial charge in [0.2, 0.25) is 0 Å². The van der Waals surface area contributed by atoms with E-state index >= 15 is 0 Å². The van der Waals surface area contributed by atoms with Crippen molar-refractivity contribution in [2.45, 2.75) is 31.8 Å². The van der Waals surface area contributed by atoms with Gasteiger partial charge in [0, 0.05) is 5.56 Å². The quantitative estimate of drug-likeness (QED) is 0.518. The van der Waals surface area contributed by atoms with Gasteiger partial charge in [0.05, 0.1) is 6.61 Å². The van der Waals surface area contributed by atoms with Gasteiger partial charge >= 0.3 is 0 Å². The highest BCUT2D eigenvalue weighted by Gasteiger charge is 2.04. The number of hydrogen-bond acceptors (Lipinski definition) is 1.